The Morgan fingerprint density at radius 1 is 0.906 bits per heavy atom. The van der Waals surface area contributed by atoms with Crippen LogP contribution in [0.4, 0.5) is 0 Å². The second-order valence-corrected chi connectivity index (χ2v) is 8.03. The normalized spacial score (nSPS) is 12.1. The summed E-state index contributed by atoms with van der Waals surface area (Å²) < 4.78 is 22.7. The summed E-state index contributed by atoms with van der Waals surface area (Å²) in [4.78, 5) is 4.19. The quantitative estimate of drug-likeness (QED) is 0.421. The van der Waals surface area contributed by atoms with Crippen LogP contribution in [-0.2, 0) is 6.54 Å². The summed E-state index contributed by atoms with van der Waals surface area (Å²) in [7, 11) is 7.72. The van der Waals surface area contributed by atoms with Crippen molar-refractivity contribution < 1.29 is 24.1 Å². The molecule has 7 heteroatoms. The molecular weight excluding hydrogens is 408 g/mol. The number of ether oxygens (including phenoxy) is 4. The highest BCUT2D eigenvalue weighted by molar-refractivity contribution is 5.43. The van der Waals surface area contributed by atoms with E-state index in [1.807, 2.05) is 56.4 Å². The molecule has 1 atom stereocenters. The molecule has 0 saturated carbocycles. The number of likely N-dealkylation sites (N-methyl/N-ethyl adjacent to an activating group) is 1. The molecule has 0 unspecified atom stereocenters. The number of rotatable bonds is 15. The van der Waals surface area contributed by atoms with Crippen LogP contribution in [0.5, 0.6) is 23.0 Å². The van der Waals surface area contributed by atoms with Crippen molar-refractivity contribution in [3.8, 4) is 23.0 Å². The summed E-state index contributed by atoms with van der Waals surface area (Å²) >= 11 is 0. The smallest absolute Gasteiger partial charge is 0.161 e. The van der Waals surface area contributed by atoms with Gasteiger partial charge in [-0.1, -0.05) is 18.2 Å². The Kier molecular flexibility index (Phi) is 11.1. The topological polar surface area (TPSA) is 63.6 Å². The fraction of sp³-hybridized carbons (Fsp3) is 0.520. The van der Waals surface area contributed by atoms with Gasteiger partial charge in [-0.3, -0.25) is 4.90 Å². The van der Waals surface area contributed by atoms with Crippen molar-refractivity contribution in [1.29, 1.82) is 0 Å². The van der Waals surface area contributed by atoms with Crippen LogP contribution in [0.25, 0.3) is 0 Å². The summed E-state index contributed by atoms with van der Waals surface area (Å²) in [5, 5.41) is 10.4. The average Bonchev–Trinajstić information content (AvgIpc) is 2.76. The molecule has 2 aromatic carbocycles. The second-order valence-electron chi connectivity index (χ2n) is 8.03. The third-order valence-electron chi connectivity index (χ3n) is 4.79. The van der Waals surface area contributed by atoms with Crippen LogP contribution in [0.1, 0.15) is 18.9 Å². The third-order valence-corrected chi connectivity index (χ3v) is 4.79. The zero-order valence-corrected chi connectivity index (χ0v) is 20.0. The van der Waals surface area contributed by atoms with Crippen molar-refractivity contribution >= 4 is 0 Å². The number of para-hydroxylation sites is 2. The summed E-state index contributed by atoms with van der Waals surface area (Å²) in [5.74, 6) is 2.80. The molecule has 0 aliphatic carbocycles. The predicted octanol–water partition coefficient (Wildman–Crippen LogP) is 3.30. The molecule has 0 bridgehead atoms. The number of hydrogen-bond donors (Lipinski definition) is 1. The summed E-state index contributed by atoms with van der Waals surface area (Å²) in [5.41, 5.74) is 1.08. The molecule has 0 heterocycles. The molecule has 0 spiro atoms. The zero-order chi connectivity index (χ0) is 23.3. The van der Waals surface area contributed by atoms with E-state index in [2.05, 4.69) is 23.9 Å². The minimum atomic E-state index is -0.629. The van der Waals surface area contributed by atoms with Crippen LogP contribution in [-0.4, -0.2) is 82.2 Å². The molecule has 7 nitrogen and oxygen atoms in total. The number of hydrogen-bond acceptors (Lipinski definition) is 7. The Balaban J connectivity index is 1.83. The van der Waals surface area contributed by atoms with Gasteiger partial charge < -0.3 is 29.0 Å². The molecule has 0 radical (unpaired) electrons. The van der Waals surface area contributed by atoms with E-state index in [0.717, 1.165) is 30.0 Å². The molecule has 0 aromatic heterocycles. The SMILES string of the molecule is CCOc1ccccc1OC[C@@H](O)CN(C)Cc1ccc(OCCCN(C)C)c(OC)c1. The first-order chi connectivity index (χ1) is 15.4. The largest absolute Gasteiger partial charge is 0.493 e. The van der Waals surface area contributed by atoms with Gasteiger partial charge in [-0.15, -0.1) is 0 Å². The first-order valence-corrected chi connectivity index (χ1v) is 11.1. The highest BCUT2D eigenvalue weighted by Gasteiger charge is 2.13. The summed E-state index contributed by atoms with van der Waals surface area (Å²) in [6.45, 7) is 5.46. The Morgan fingerprint density at radius 3 is 2.25 bits per heavy atom. The van der Waals surface area contributed by atoms with E-state index in [9.17, 15) is 5.11 Å². The molecule has 0 aliphatic heterocycles. The predicted molar refractivity (Wildman–Crippen MR) is 127 cm³/mol. The number of methoxy groups -OCH3 is 1. The van der Waals surface area contributed by atoms with E-state index in [4.69, 9.17) is 18.9 Å². The lowest BCUT2D eigenvalue weighted by Crippen LogP contribution is -2.32. The van der Waals surface area contributed by atoms with Gasteiger partial charge >= 0.3 is 0 Å². The van der Waals surface area contributed by atoms with Crippen LogP contribution in [0.2, 0.25) is 0 Å². The molecule has 0 saturated heterocycles. The molecule has 0 amide bonds. The van der Waals surface area contributed by atoms with Crippen LogP contribution in [0.3, 0.4) is 0 Å². The number of aliphatic hydroxyl groups is 1. The van der Waals surface area contributed by atoms with Crippen molar-refractivity contribution in [3.05, 3.63) is 48.0 Å². The van der Waals surface area contributed by atoms with Crippen LogP contribution < -0.4 is 18.9 Å². The maximum absolute atomic E-state index is 10.4. The van der Waals surface area contributed by atoms with Gasteiger partial charge in [0.2, 0.25) is 0 Å². The fourth-order valence-electron chi connectivity index (χ4n) is 3.31. The highest BCUT2D eigenvalue weighted by atomic mass is 16.5. The molecule has 32 heavy (non-hydrogen) atoms. The number of aliphatic hydroxyl groups excluding tert-OH is 1. The fourth-order valence-corrected chi connectivity index (χ4v) is 3.31. The van der Waals surface area contributed by atoms with Crippen LogP contribution in [0, 0.1) is 0 Å². The van der Waals surface area contributed by atoms with Gasteiger partial charge in [0, 0.05) is 19.6 Å². The molecule has 2 rings (SSSR count). The lowest BCUT2D eigenvalue weighted by molar-refractivity contribution is 0.0730. The molecule has 0 fully saturated rings. The molecular formula is C25H38N2O5. The lowest BCUT2D eigenvalue weighted by atomic mass is 10.2. The van der Waals surface area contributed by atoms with Gasteiger partial charge in [-0.2, -0.15) is 0 Å². The van der Waals surface area contributed by atoms with Gasteiger partial charge in [0.1, 0.15) is 12.7 Å². The van der Waals surface area contributed by atoms with Crippen molar-refractivity contribution in [2.45, 2.75) is 26.0 Å². The average molecular weight is 447 g/mol. The first-order valence-electron chi connectivity index (χ1n) is 11.1. The van der Waals surface area contributed by atoms with Gasteiger partial charge in [-0.25, -0.2) is 0 Å². The maximum atomic E-state index is 10.4. The highest BCUT2D eigenvalue weighted by Crippen LogP contribution is 2.29. The van der Waals surface area contributed by atoms with E-state index < -0.39 is 6.10 Å². The van der Waals surface area contributed by atoms with Crippen molar-refractivity contribution in [2.75, 3.05) is 61.2 Å². The molecule has 0 aliphatic rings. The number of benzene rings is 2. The number of nitrogens with zero attached hydrogens (tertiary/aromatic N) is 2. The monoisotopic (exact) mass is 446 g/mol. The van der Waals surface area contributed by atoms with E-state index in [0.29, 0.717) is 37.8 Å². The minimum absolute atomic E-state index is 0.192. The first kappa shape index (κ1) is 25.8. The summed E-state index contributed by atoms with van der Waals surface area (Å²) in [6.07, 6.45) is 0.325. The Labute approximate surface area is 192 Å². The van der Waals surface area contributed by atoms with E-state index in [1.54, 1.807) is 7.11 Å². The van der Waals surface area contributed by atoms with Gasteiger partial charge in [-0.05, 0) is 64.3 Å². The van der Waals surface area contributed by atoms with E-state index >= 15 is 0 Å². The molecule has 1 N–H and O–H groups in total. The molecule has 2 aromatic rings. The minimum Gasteiger partial charge on any atom is -0.493 e. The lowest BCUT2D eigenvalue weighted by Gasteiger charge is -2.22. The zero-order valence-electron chi connectivity index (χ0n) is 20.0. The molecule has 178 valence electrons. The van der Waals surface area contributed by atoms with E-state index in [1.165, 1.54) is 0 Å². The Bertz CT molecular complexity index is 800. The van der Waals surface area contributed by atoms with Gasteiger partial charge in [0.25, 0.3) is 0 Å². The van der Waals surface area contributed by atoms with Crippen molar-refractivity contribution in [2.24, 2.45) is 0 Å². The Morgan fingerprint density at radius 2 is 1.59 bits per heavy atom. The van der Waals surface area contributed by atoms with Gasteiger partial charge in [0.05, 0.1) is 20.3 Å². The van der Waals surface area contributed by atoms with Crippen LogP contribution in [0.15, 0.2) is 42.5 Å². The van der Waals surface area contributed by atoms with Crippen LogP contribution >= 0.6 is 0 Å². The Hall–Kier alpha value is -2.48. The summed E-state index contributed by atoms with van der Waals surface area (Å²) in [6, 6.07) is 13.5. The van der Waals surface area contributed by atoms with Gasteiger partial charge in [0.15, 0.2) is 23.0 Å². The third kappa shape index (κ3) is 8.94. The van der Waals surface area contributed by atoms with Crippen molar-refractivity contribution in [1.82, 2.24) is 9.80 Å². The standard InChI is InChI=1S/C25H38N2O5/c1-6-30-22-10-7-8-11-23(22)32-19-21(28)18-27(4)17-20-12-13-24(25(16-20)29-5)31-15-9-14-26(2)3/h7-8,10-13,16,21,28H,6,9,14-15,17-19H2,1-5H3/t21-/m0/s1. The second kappa shape index (κ2) is 13.8. The van der Waals surface area contributed by atoms with Crippen molar-refractivity contribution in [3.63, 3.8) is 0 Å². The maximum Gasteiger partial charge on any atom is 0.161 e. The van der Waals surface area contributed by atoms with E-state index in [-0.39, 0.29) is 6.61 Å².